The molecule has 0 spiro atoms. The number of methoxy groups -OCH3 is 1. The number of rotatable bonds is 8. The maximum absolute atomic E-state index is 13.0. The average Bonchev–Trinajstić information content (AvgIpc) is 3.02. The molecule has 1 aliphatic rings. The predicted octanol–water partition coefficient (Wildman–Crippen LogP) is 4.76. The first kappa shape index (κ1) is 21.9. The Bertz CT molecular complexity index is 928. The molecule has 3 rings (SSSR count). The third kappa shape index (κ3) is 5.42. The lowest BCUT2D eigenvalue weighted by molar-refractivity contribution is -0.128. The Morgan fingerprint density at radius 3 is 2.60 bits per heavy atom. The van der Waals surface area contributed by atoms with Crippen molar-refractivity contribution in [2.75, 3.05) is 19.0 Å². The third-order valence-electron chi connectivity index (χ3n) is 4.84. The number of para-hydroxylation sites is 1. The molecule has 0 unspecified atom stereocenters. The normalized spacial score (nSPS) is 17.4. The summed E-state index contributed by atoms with van der Waals surface area (Å²) in [6.45, 7) is 4.63. The fraction of sp³-hybridized carbons (Fsp3) is 0.348. The van der Waals surface area contributed by atoms with Crippen molar-refractivity contribution in [2.45, 2.75) is 38.4 Å². The quantitative estimate of drug-likeness (QED) is 0.662. The number of benzene rings is 2. The lowest BCUT2D eigenvalue weighted by atomic mass is 10.2. The molecular weight excluding hydrogens is 398 g/mol. The second-order valence-electron chi connectivity index (χ2n) is 7.11. The van der Waals surface area contributed by atoms with E-state index in [1.807, 2.05) is 55.5 Å². The first-order chi connectivity index (χ1) is 14.5. The lowest BCUT2D eigenvalue weighted by Crippen LogP contribution is -2.34. The van der Waals surface area contributed by atoms with E-state index in [9.17, 15) is 9.59 Å². The van der Waals surface area contributed by atoms with Crippen molar-refractivity contribution in [3.8, 4) is 5.75 Å². The van der Waals surface area contributed by atoms with E-state index in [1.54, 1.807) is 12.0 Å². The molecule has 1 heterocycles. The zero-order chi connectivity index (χ0) is 21.5. The van der Waals surface area contributed by atoms with Gasteiger partial charge in [0.05, 0.1) is 12.8 Å². The van der Waals surface area contributed by atoms with Gasteiger partial charge < -0.3 is 10.1 Å². The van der Waals surface area contributed by atoms with Crippen molar-refractivity contribution < 1.29 is 14.3 Å². The van der Waals surface area contributed by atoms with E-state index >= 15 is 0 Å². The summed E-state index contributed by atoms with van der Waals surface area (Å²) in [5.74, 6) is 0.527. The molecular formula is C23H27N3O3S. The number of ether oxygens (including phenoxy) is 1. The molecule has 0 saturated carbocycles. The highest BCUT2D eigenvalue weighted by atomic mass is 32.2. The zero-order valence-electron chi connectivity index (χ0n) is 17.6. The number of unbranched alkanes of at least 4 members (excludes halogenated alkanes) is 1. The molecule has 158 valence electrons. The van der Waals surface area contributed by atoms with Gasteiger partial charge in [0.1, 0.15) is 11.0 Å². The van der Waals surface area contributed by atoms with Gasteiger partial charge in [0, 0.05) is 18.7 Å². The number of carbonyl (C=O) groups excluding carboxylic acids is 2. The first-order valence-electron chi connectivity index (χ1n) is 10.1. The Balaban J connectivity index is 1.74. The van der Waals surface area contributed by atoms with E-state index < -0.39 is 5.25 Å². The summed E-state index contributed by atoms with van der Waals surface area (Å²) in [5, 5.41) is 3.09. The summed E-state index contributed by atoms with van der Waals surface area (Å²) >= 11 is 1.36. The molecule has 0 aromatic heterocycles. The van der Waals surface area contributed by atoms with E-state index in [2.05, 4.69) is 17.2 Å². The molecule has 1 N–H and O–H groups in total. The summed E-state index contributed by atoms with van der Waals surface area (Å²) in [6, 6.07) is 15.0. The molecule has 0 bridgehead atoms. The summed E-state index contributed by atoms with van der Waals surface area (Å²) in [5.41, 5.74) is 2.51. The Kier molecular flexibility index (Phi) is 7.52. The Morgan fingerprint density at radius 1 is 1.20 bits per heavy atom. The Hall–Kier alpha value is -2.80. The molecule has 2 aromatic rings. The smallest absolute Gasteiger partial charge is 0.242 e. The van der Waals surface area contributed by atoms with Crippen LogP contribution in [0.4, 0.5) is 11.4 Å². The summed E-state index contributed by atoms with van der Waals surface area (Å²) in [4.78, 5) is 31.9. The van der Waals surface area contributed by atoms with Gasteiger partial charge in [-0.05, 0) is 49.2 Å². The number of amides is 2. The fourth-order valence-electron chi connectivity index (χ4n) is 3.10. The van der Waals surface area contributed by atoms with Crippen molar-refractivity contribution >= 4 is 40.1 Å². The molecule has 7 heteroatoms. The molecule has 2 aromatic carbocycles. The minimum absolute atomic E-state index is 0.0550. The number of nitrogens with one attached hydrogen (secondary N) is 1. The van der Waals surface area contributed by atoms with Crippen molar-refractivity contribution in [3.63, 3.8) is 0 Å². The molecule has 1 aliphatic heterocycles. The van der Waals surface area contributed by atoms with Crippen LogP contribution in [0.1, 0.15) is 31.7 Å². The van der Waals surface area contributed by atoms with Gasteiger partial charge in [-0.2, -0.15) is 0 Å². The van der Waals surface area contributed by atoms with Gasteiger partial charge in [-0.3, -0.25) is 14.5 Å². The van der Waals surface area contributed by atoms with Gasteiger partial charge in [-0.1, -0.05) is 43.3 Å². The van der Waals surface area contributed by atoms with Gasteiger partial charge in [0.15, 0.2) is 5.17 Å². The van der Waals surface area contributed by atoms with Crippen LogP contribution in [-0.4, -0.2) is 40.8 Å². The van der Waals surface area contributed by atoms with Crippen LogP contribution in [0.15, 0.2) is 53.5 Å². The van der Waals surface area contributed by atoms with Crippen LogP contribution in [-0.2, 0) is 9.59 Å². The Morgan fingerprint density at radius 2 is 1.93 bits per heavy atom. The van der Waals surface area contributed by atoms with Crippen LogP contribution in [0.3, 0.4) is 0 Å². The number of carbonyl (C=O) groups is 2. The van der Waals surface area contributed by atoms with Gasteiger partial charge >= 0.3 is 0 Å². The topological polar surface area (TPSA) is 71.0 Å². The largest absolute Gasteiger partial charge is 0.497 e. The van der Waals surface area contributed by atoms with Crippen molar-refractivity contribution in [1.82, 2.24) is 4.90 Å². The molecule has 0 radical (unpaired) electrons. The van der Waals surface area contributed by atoms with Crippen LogP contribution < -0.4 is 10.1 Å². The maximum atomic E-state index is 13.0. The van der Waals surface area contributed by atoms with Crippen molar-refractivity contribution in [2.24, 2.45) is 4.99 Å². The highest BCUT2D eigenvalue weighted by Gasteiger charge is 2.38. The van der Waals surface area contributed by atoms with E-state index in [0.717, 1.165) is 35.5 Å². The molecule has 6 nitrogen and oxygen atoms in total. The van der Waals surface area contributed by atoms with Crippen LogP contribution in [0.5, 0.6) is 5.75 Å². The van der Waals surface area contributed by atoms with Gasteiger partial charge in [-0.25, -0.2) is 4.99 Å². The van der Waals surface area contributed by atoms with Crippen molar-refractivity contribution in [3.05, 3.63) is 54.1 Å². The maximum Gasteiger partial charge on any atom is 0.242 e. The lowest BCUT2D eigenvalue weighted by Gasteiger charge is -2.16. The molecule has 2 amide bonds. The minimum Gasteiger partial charge on any atom is -0.497 e. The number of amidine groups is 1. The second kappa shape index (κ2) is 10.3. The zero-order valence-corrected chi connectivity index (χ0v) is 18.4. The van der Waals surface area contributed by atoms with E-state index in [4.69, 9.17) is 4.74 Å². The highest BCUT2D eigenvalue weighted by Crippen LogP contribution is 2.32. The molecule has 1 saturated heterocycles. The Labute approximate surface area is 181 Å². The fourth-order valence-corrected chi connectivity index (χ4v) is 4.28. The second-order valence-corrected chi connectivity index (χ2v) is 8.28. The monoisotopic (exact) mass is 425 g/mol. The van der Waals surface area contributed by atoms with Crippen LogP contribution >= 0.6 is 11.8 Å². The van der Waals surface area contributed by atoms with Crippen LogP contribution in [0.25, 0.3) is 0 Å². The number of aliphatic imine (C=N–C) groups is 1. The highest BCUT2D eigenvalue weighted by molar-refractivity contribution is 8.15. The van der Waals surface area contributed by atoms with Gasteiger partial charge in [-0.15, -0.1) is 0 Å². The number of hydrogen-bond acceptors (Lipinski definition) is 5. The summed E-state index contributed by atoms with van der Waals surface area (Å²) < 4.78 is 5.19. The minimum atomic E-state index is -0.470. The van der Waals surface area contributed by atoms with Crippen LogP contribution in [0, 0.1) is 6.92 Å². The summed E-state index contributed by atoms with van der Waals surface area (Å²) in [6.07, 6.45) is 1.97. The predicted molar refractivity (Wildman–Crippen MR) is 123 cm³/mol. The SMILES string of the molecule is CCCCN1C(=O)[C@H](CC(=O)Nc2ccccc2C)SC1=Nc1ccc(OC)cc1. The molecule has 1 atom stereocenters. The average molecular weight is 426 g/mol. The number of hydrogen-bond donors (Lipinski definition) is 1. The van der Waals surface area contributed by atoms with Crippen molar-refractivity contribution in [1.29, 1.82) is 0 Å². The third-order valence-corrected chi connectivity index (χ3v) is 6.02. The standard InChI is InChI=1S/C23H27N3O3S/c1-4-5-14-26-22(28)20(15-21(27)25-19-9-7-6-8-16(19)2)30-23(26)24-17-10-12-18(29-3)13-11-17/h6-13,20H,4-5,14-15H2,1-3H3,(H,25,27)/t20-/m0/s1. The molecule has 1 fully saturated rings. The van der Waals surface area contributed by atoms with Gasteiger partial charge in [0.25, 0.3) is 0 Å². The van der Waals surface area contributed by atoms with Gasteiger partial charge in [0.2, 0.25) is 11.8 Å². The number of anilines is 1. The first-order valence-corrected chi connectivity index (χ1v) is 11.0. The summed E-state index contributed by atoms with van der Waals surface area (Å²) in [7, 11) is 1.62. The van der Waals surface area contributed by atoms with Crippen LogP contribution in [0.2, 0.25) is 0 Å². The molecule has 0 aliphatic carbocycles. The number of nitrogens with zero attached hydrogens (tertiary/aromatic N) is 2. The van der Waals surface area contributed by atoms with E-state index in [1.165, 1.54) is 11.8 Å². The van der Waals surface area contributed by atoms with E-state index in [0.29, 0.717) is 11.7 Å². The number of thioether (sulfide) groups is 1. The van der Waals surface area contributed by atoms with E-state index in [-0.39, 0.29) is 18.2 Å². The number of aryl methyl sites for hydroxylation is 1. The molecule has 30 heavy (non-hydrogen) atoms.